The van der Waals surface area contributed by atoms with E-state index in [2.05, 4.69) is 0 Å². The zero-order valence-electron chi connectivity index (χ0n) is 16.6. The smallest absolute Gasteiger partial charge is 0.234 e. The predicted molar refractivity (Wildman–Crippen MR) is 109 cm³/mol. The lowest BCUT2D eigenvalue weighted by Gasteiger charge is -2.26. The number of carbonyl (C=O) groups is 1. The van der Waals surface area contributed by atoms with E-state index in [4.69, 9.17) is 18.9 Å². The van der Waals surface area contributed by atoms with Crippen LogP contribution in [0, 0.1) is 0 Å². The molecule has 0 aliphatic carbocycles. The first kappa shape index (κ1) is 20.2. The van der Waals surface area contributed by atoms with Crippen LogP contribution in [0.5, 0.6) is 23.0 Å². The number of carbonyl (C=O) groups excluding carboxylic acids is 1. The molecule has 28 heavy (non-hydrogen) atoms. The van der Waals surface area contributed by atoms with Gasteiger partial charge in [0.15, 0.2) is 11.5 Å². The first-order chi connectivity index (χ1) is 13.6. The molecule has 2 aromatic rings. The van der Waals surface area contributed by atoms with Crippen molar-refractivity contribution in [3.63, 3.8) is 0 Å². The monoisotopic (exact) mass is 403 g/mol. The van der Waals surface area contributed by atoms with Crippen LogP contribution in [0.1, 0.15) is 23.4 Å². The van der Waals surface area contributed by atoms with E-state index >= 15 is 0 Å². The molecule has 0 saturated carbocycles. The third-order valence-corrected chi connectivity index (χ3v) is 5.83. The molecular weight excluding hydrogens is 378 g/mol. The summed E-state index contributed by atoms with van der Waals surface area (Å²) >= 11 is 1.61. The van der Waals surface area contributed by atoms with Gasteiger partial charge in [-0.25, -0.2) is 0 Å². The van der Waals surface area contributed by atoms with Crippen molar-refractivity contribution in [2.24, 2.45) is 0 Å². The molecule has 0 aromatic heterocycles. The number of methoxy groups -OCH3 is 3. The number of hydrogen-bond acceptors (Lipinski definition) is 6. The number of benzene rings is 2. The number of hydrogen-bond donors (Lipinski definition) is 0. The summed E-state index contributed by atoms with van der Waals surface area (Å²) in [5.41, 5.74) is 1.94. The van der Waals surface area contributed by atoms with Crippen molar-refractivity contribution in [3.05, 3.63) is 47.5 Å². The minimum atomic E-state index is -0.0931. The lowest BCUT2D eigenvalue weighted by molar-refractivity contribution is -0.128. The van der Waals surface area contributed by atoms with Gasteiger partial charge in [-0.15, -0.1) is 11.8 Å². The second-order valence-electron chi connectivity index (χ2n) is 6.21. The maximum absolute atomic E-state index is 12.6. The van der Waals surface area contributed by atoms with Gasteiger partial charge < -0.3 is 23.8 Å². The fourth-order valence-corrected chi connectivity index (χ4v) is 4.36. The van der Waals surface area contributed by atoms with Crippen LogP contribution in [0.3, 0.4) is 0 Å². The summed E-state index contributed by atoms with van der Waals surface area (Å²) in [5.74, 6) is 3.33. The Morgan fingerprint density at radius 3 is 2.46 bits per heavy atom. The first-order valence-electron chi connectivity index (χ1n) is 9.04. The van der Waals surface area contributed by atoms with Crippen molar-refractivity contribution in [3.8, 4) is 23.0 Å². The Hall–Kier alpha value is -2.54. The summed E-state index contributed by atoms with van der Waals surface area (Å²) in [4.78, 5) is 14.5. The number of ether oxygens (including phenoxy) is 4. The molecule has 1 fully saturated rings. The molecule has 1 saturated heterocycles. The highest BCUT2D eigenvalue weighted by atomic mass is 32.2. The average molecular weight is 404 g/mol. The Morgan fingerprint density at radius 2 is 1.79 bits per heavy atom. The third kappa shape index (κ3) is 4.14. The van der Waals surface area contributed by atoms with Crippen LogP contribution in [0.4, 0.5) is 0 Å². The highest BCUT2D eigenvalue weighted by Crippen LogP contribution is 2.43. The lowest BCUT2D eigenvalue weighted by Crippen LogP contribution is -2.28. The molecule has 2 aromatic carbocycles. The van der Waals surface area contributed by atoms with E-state index in [-0.39, 0.29) is 11.3 Å². The molecular formula is C21H25NO5S. The van der Waals surface area contributed by atoms with Gasteiger partial charge in [0.05, 0.1) is 40.2 Å². The van der Waals surface area contributed by atoms with Gasteiger partial charge in [-0.3, -0.25) is 4.79 Å². The van der Waals surface area contributed by atoms with Crippen LogP contribution in [0.15, 0.2) is 36.4 Å². The van der Waals surface area contributed by atoms with Crippen molar-refractivity contribution >= 4 is 17.7 Å². The Morgan fingerprint density at radius 1 is 1.00 bits per heavy atom. The first-order valence-corrected chi connectivity index (χ1v) is 10.1. The zero-order chi connectivity index (χ0) is 20.1. The van der Waals surface area contributed by atoms with Gasteiger partial charge in [0, 0.05) is 11.6 Å². The maximum atomic E-state index is 12.6. The second kappa shape index (κ2) is 9.10. The molecule has 0 radical (unpaired) electrons. The van der Waals surface area contributed by atoms with Gasteiger partial charge in [0.1, 0.15) is 16.9 Å². The quantitative estimate of drug-likeness (QED) is 0.667. The van der Waals surface area contributed by atoms with Crippen molar-refractivity contribution < 1.29 is 23.7 Å². The minimum absolute atomic E-state index is 0.0931. The largest absolute Gasteiger partial charge is 0.497 e. The van der Waals surface area contributed by atoms with E-state index in [0.717, 1.165) is 16.9 Å². The minimum Gasteiger partial charge on any atom is -0.497 e. The summed E-state index contributed by atoms with van der Waals surface area (Å²) < 4.78 is 21.8. The Labute approximate surface area is 169 Å². The summed E-state index contributed by atoms with van der Waals surface area (Å²) in [6.45, 7) is 2.94. The number of thioether (sulfide) groups is 1. The van der Waals surface area contributed by atoms with Crippen LogP contribution in [0.25, 0.3) is 0 Å². The predicted octanol–water partition coefficient (Wildman–Crippen LogP) is 3.89. The summed E-state index contributed by atoms with van der Waals surface area (Å²) in [5, 5.41) is -0.0931. The second-order valence-corrected chi connectivity index (χ2v) is 7.27. The van der Waals surface area contributed by atoms with Gasteiger partial charge >= 0.3 is 0 Å². The van der Waals surface area contributed by atoms with E-state index < -0.39 is 0 Å². The van der Waals surface area contributed by atoms with Gasteiger partial charge in [-0.1, -0.05) is 6.07 Å². The van der Waals surface area contributed by atoms with Crippen LogP contribution < -0.4 is 18.9 Å². The van der Waals surface area contributed by atoms with Crippen molar-refractivity contribution in [2.75, 3.05) is 33.7 Å². The van der Waals surface area contributed by atoms with E-state index in [1.54, 1.807) is 33.1 Å². The average Bonchev–Trinajstić information content (AvgIpc) is 3.08. The highest BCUT2D eigenvalue weighted by molar-refractivity contribution is 8.00. The zero-order valence-corrected chi connectivity index (χ0v) is 17.4. The van der Waals surface area contributed by atoms with Crippen LogP contribution in [-0.2, 0) is 11.3 Å². The molecule has 1 aliphatic rings. The number of nitrogens with zero attached hydrogens (tertiary/aromatic N) is 1. The van der Waals surface area contributed by atoms with Crippen LogP contribution >= 0.6 is 11.8 Å². The Kier molecular flexibility index (Phi) is 6.57. The molecule has 1 heterocycles. The van der Waals surface area contributed by atoms with Crippen molar-refractivity contribution in [1.82, 2.24) is 4.90 Å². The molecule has 150 valence electrons. The van der Waals surface area contributed by atoms with E-state index in [1.165, 1.54) is 0 Å². The van der Waals surface area contributed by atoms with Gasteiger partial charge in [-0.05, 0) is 36.8 Å². The molecule has 3 rings (SSSR count). The Balaban J connectivity index is 1.89. The Bertz CT molecular complexity index is 842. The van der Waals surface area contributed by atoms with E-state index in [9.17, 15) is 4.79 Å². The SMILES string of the molecule is CCOc1cc(C2SCC(=O)N2Cc2ccc(OC)cc2OC)ccc1OC. The molecule has 0 spiro atoms. The molecule has 1 aliphatic heterocycles. The lowest BCUT2D eigenvalue weighted by atomic mass is 10.1. The van der Waals surface area contributed by atoms with Gasteiger partial charge in [0.2, 0.25) is 5.91 Å². The topological polar surface area (TPSA) is 57.2 Å². The molecule has 7 heteroatoms. The third-order valence-electron chi connectivity index (χ3n) is 4.58. The summed E-state index contributed by atoms with van der Waals surface area (Å²) in [7, 11) is 4.85. The molecule has 0 N–H and O–H groups in total. The summed E-state index contributed by atoms with van der Waals surface area (Å²) in [6, 6.07) is 11.5. The van der Waals surface area contributed by atoms with Crippen molar-refractivity contribution in [2.45, 2.75) is 18.8 Å². The molecule has 1 unspecified atom stereocenters. The van der Waals surface area contributed by atoms with Gasteiger partial charge in [-0.2, -0.15) is 0 Å². The normalized spacial score (nSPS) is 16.2. The molecule has 0 bridgehead atoms. The summed E-state index contributed by atoms with van der Waals surface area (Å²) in [6.07, 6.45) is 0. The number of amides is 1. The van der Waals surface area contributed by atoms with Crippen LogP contribution in [0.2, 0.25) is 0 Å². The van der Waals surface area contributed by atoms with Crippen molar-refractivity contribution in [1.29, 1.82) is 0 Å². The fourth-order valence-electron chi connectivity index (χ4n) is 3.18. The maximum Gasteiger partial charge on any atom is 0.234 e. The molecule has 1 atom stereocenters. The molecule has 6 nitrogen and oxygen atoms in total. The van der Waals surface area contributed by atoms with E-state index in [1.807, 2.05) is 48.2 Å². The van der Waals surface area contributed by atoms with Crippen LogP contribution in [-0.4, -0.2) is 44.5 Å². The molecule has 1 amide bonds. The number of rotatable bonds is 8. The fraction of sp³-hybridized carbons (Fsp3) is 0.381. The van der Waals surface area contributed by atoms with Gasteiger partial charge in [0.25, 0.3) is 0 Å². The highest BCUT2D eigenvalue weighted by Gasteiger charge is 2.34. The van der Waals surface area contributed by atoms with E-state index in [0.29, 0.717) is 36.2 Å². The standard InChI is InChI=1S/C21H25NO5S/c1-5-27-19-10-14(7-9-17(19)25-3)21-22(20(23)13-28-21)12-15-6-8-16(24-2)11-18(15)26-4/h6-11,21H,5,12-13H2,1-4H3.